The molecule has 26 heavy (non-hydrogen) atoms. The zero-order valence-electron chi connectivity index (χ0n) is 14.4. The van der Waals surface area contributed by atoms with Gasteiger partial charge >= 0.3 is 0 Å². The molecular weight excluding hydrogens is 329 g/mol. The monoisotopic (exact) mass is 349 g/mol. The van der Waals surface area contributed by atoms with E-state index in [1.54, 1.807) is 30.5 Å². The van der Waals surface area contributed by atoms with Crippen molar-refractivity contribution in [3.8, 4) is 0 Å². The van der Waals surface area contributed by atoms with Crippen LogP contribution in [0.15, 0.2) is 54.7 Å². The van der Waals surface area contributed by atoms with Crippen molar-refractivity contribution in [2.24, 2.45) is 0 Å². The first-order chi connectivity index (χ1) is 12.7. The molecular formula is C21H20FN3O. The Morgan fingerprint density at radius 2 is 1.88 bits per heavy atom. The summed E-state index contributed by atoms with van der Waals surface area (Å²) in [5, 5.41) is 3.69. The molecule has 0 spiro atoms. The minimum Gasteiger partial charge on any atom is -0.370 e. The number of carbonyl (C=O) groups is 1. The molecule has 0 saturated carbocycles. The maximum Gasteiger partial charge on any atom is 0.256 e. The van der Waals surface area contributed by atoms with Crippen LogP contribution < -0.4 is 10.2 Å². The van der Waals surface area contributed by atoms with Crippen LogP contribution in [-0.4, -0.2) is 24.0 Å². The lowest BCUT2D eigenvalue weighted by molar-refractivity contribution is 0.102. The first-order valence-electron chi connectivity index (χ1n) is 8.92. The van der Waals surface area contributed by atoms with Crippen LogP contribution in [0.1, 0.15) is 29.6 Å². The quantitative estimate of drug-likeness (QED) is 0.751. The summed E-state index contributed by atoms with van der Waals surface area (Å²) in [7, 11) is 0. The Hall–Kier alpha value is -2.95. The van der Waals surface area contributed by atoms with Crippen molar-refractivity contribution in [2.75, 3.05) is 23.3 Å². The number of piperidine rings is 1. The van der Waals surface area contributed by atoms with Crippen molar-refractivity contribution in [2.45, 2.75) is 19.3 Å². The van der Waals surface area contributed by atoms with Gasteiger partial charge in [-0.15, -0.1) is 0 Å². The fraction of sp³-hybridized carbons (Fsp3) is 0.238. The van der Waals surface area contributed by atoms with E-state index in [1.807, 2.05) is 12.1 Å². The fourth-order valence-electron chi connectivity index (χ4n) is 3.51. The maximum atomic E-state index is 13.8. The minimum atomic E-state index is -0.361. The molecule has 2 heterocycles. The van der Waals surface area contributed by atoms with E-state index in [0.29, 0.717) is 11.3 Å². The Labute approximate surface area is 151 Å². The smallest absolute Gasteiger partial charge is 0.256 e. The Kier molecular flexibility index (Phi) is 4.52. The number of nitrogens with one attached hydrogen (secondary N) is 1. The number of anilines is 2. The predicted molar refractivity (Wildman–Crippen MR) is 102 cm³/mol. The van der Waals surface area contributed by atoms with Gasteiger partial charge in [0.15, 0.2) is 0 Å². The molecule has 0 bridgehead atoms. The van der Waals surface area contributed by atoms with E-state index in [2.05, 4.69) is 15.2 Å². The highest BCUT2D eigenvalue weighted by Gasteiger charge is 2.18. The molecule has 1 amide bonds. The van der Waals surface area contributed by atoms with Crippen LogP contribution in [0.5, 0.6) is 0 Å². The zero-order chi connectivity index (χ0) is 17.9. The number of rotatable bonds is 3. The van der Waals surface area contributed by atoms with E-state index >= 15 is 0 Å². The Bertz CT molecular complexity index is 946. The fourth-order valence-corrected chi connectivity index (χ4v) is 3.51. The van der Waals surface area contributed by atoms with E-state index in [-0.39, 0.29) is 11.7 Å². The number of nitrogens with zero attached hydrogens (tertiary/aromatic N) is 2. The zero-order valence-corrected chi connectivity index (χ0v) is 14.4. The lowest BCUT2D eigenvalue weighted by Crippen LogP contribution is -2.30. The molecule has 0 atom stereocenters. The highest BCUT2D eigenvalue weighted by molar-refractivity contribution is 6.13. The standard InChI is InChI=1S/C21H20FN3O/c22-15-9-10-20(25-12-2-1-3-13-25)19(14-15)24-21(26)17-6-4-8-18-16(17)7-5-11-23-18/h4-11,14H,1-3,12-13H2,(H,24,26). The van der Waals surface area contributed by atoms with Gasteiger partial charge in [-0.1, -0.05) is 12.1 Å². The summed E-state index contributed by atoms with van der Waals surface area (Å²) in [5.74, 6) is -0.617. The number of pyridine rings is 1. The summed E-state index contributed by atoms with van der Waals surface area (Å²) in [6.07, 6.45) is 5.13. The van der Waals surface area contributed by atoms with Gasteiger partial charge in [-0.2, -0.15) is 0 Å². The van der Waals surface area contributed by atoms with Crippen LogP contribution in [0.25, 0.3) is 10.9 Å². The lowest BCUT2D eigenvalue weighted by atomic mass is 10.1. The molecule has 1 N–H and O–H groups in total. The van der Waals surface area contributed by atoms with E-state index < -0.39 is 0 Å². The topological polar surface area (TPSA) is 45.2 Å². The van der Waals surface area contributed by atoms with Crippen LogP contribution >= 0.6 is 0 Å². The lowest BCUT2D eigenvalue weighted by Gasteiger charge is -2.30. The van der Waals surface area contributed by atoms with Gasteiger partial charge < -0.3 is 10.2 Å². The molecule has 4 nitrogen and oxygen atoms in total. The normalized spacial score (nSPS) is 14.4. The number of hydrogen-bond acceptors (Lipinski definition) is 3. The second kappa shape index (κ2) is 7.12. The van der Waals surface area contributed by atoms with Crippen molar-refractivity contribution >= 4 is 28.2 Å². The summed E-state index contributed by atoms with van der Waals surface area (Å²) < 4.78 is 13.8. The van der Waals surface area contributed by atoms with Gasteiger partial charge in [-0.3, -0.25) is 9.78 Å². The highest BCUT2D eigenvalue weighted by Crippen LogP contribution is 2.30. The minimum absolute atomic E-state index is 0.257. The third kappa shape index (κ3) is 3.25. The molecule has 1 saturated heterocycles. The molecule has 4 rings (SSSR count). The molecule has 0 aliphatic carbocycles. The van der Waals surface area contributed by atoms with Gasteiger partial charge in [0.05, 0.1) is 16.9 Å². The number of amides is 1. The Morgan fingerprint density at radius 1 is 1.04 bits per heavy atom. The predicted octanol–water partition coefficient (Wildman–Crippen LogP) is 4.62. The number of hydrogen-bond donors (Lipinski definition) is 1. The van der Waals surface area contributed by atoms with Crippen molar-refractivity contribution in [1.82, 2.24) is 4.98 Å². The molecule has 5 heteroatoms. The number of aromatic nitrogens is 1. The Morgan fingerprint density at radius 3 is 2.73 bits per heavy atom. The second-order valence-electron chi connectivity index (χ2n) is 6.54. The number of carbonyl (C=O) groups excluding carboxylic acids is 1. The van der Waals surface area contributed by atoms with E-state index in [9.17, 15) is 9.18 Å². The maximum absolute atomic E-state index is 13.8. The summed E-state index contributed by atoms with van der Waals surface area (Å²) in [6.45, 7) is 1.85. The SMILES string of the molecule is O=C(Nc1cc(F)ccc1N1CCCCC1)c1cccc2ncccc12. The average molecular weight is 349 g/mol. The van der Waals surface area contributed by atoms with E-state index in [4.69, 9.17) is 0 Å². The summed E-state index contributed by atoms with van der Waals surface area (Å²) in [4.78, 5) is 19.4. The van der Waals surface area contributed by atoms with Gasteiger partial charge in [-0.05, 0) is 55.7 Å². The molecule has 1 aromatic heterocycles. The highest BCUT2D eigenvalue weighted by atomic mass is 19.1. The third-order valence-electron chi connectivity index (χ3n) is 4.79. The number of halogens is 1. The van der Waals surface area contributed by atoms with Gasteiger partial charge in [-0.25, -0.2) is 4.39 Å². The van der Waals surface area contributed by atoms with Crippen molar-refractivity contribution in [3.63, 3.8) is 0 Å². The first kappa shape index (κ1) is 16.5. The Balaban J connectivity index is 1.68. The molecule has 1 aliphatic rings. The van der Waals surface area contributed by atoms with Crippen LogP contribution in [-0.2, 0) is 0 Å². The summed E-state index contributed by atoms with van der Waals surface area (Å²) >= 11 is 0. The van der Waals surface area contributed by atoms with Gasteiger partial charge in [0.25, 0.3) is 5.91 Å². The van der Waals surface area contributed by atoms with E-state index in [0.717, 1.165) is 42.5 Å². The number of fused-ring (bicyclic) bond motifs is 1. The van der Waals surface area contributed by atoms with Gasteiger partial charge in [0.1, 0.15) is 5.82 Å². The second-order valence-corrected chi connectivity index (χ2v) is 6.54. The van der Waals surface area contributed by atoms with Crippen LogP contribution in [0.2, 0.25) is 0 Å². The van der Waals surface area contributed by atoms with Crippen LogP contribution in [0, 0.1) is 5.82 Å². The molecule has 0 unspecified atom stereocenters. The first-order valence-corrected chi connectivity index (χ1v) is 8.92. The molecule has 3 aromatic rings. The molecule has 1 fully saturated rings. The number of benzene rings is 2. The summed E-state index contributed by atoms with van der Waals surface area (Å²) in [6, 6.07) is 13.7. The van der Waals surface area contributed by atoms with Crippen molar-refractivity contribution in [1.29, 1.82) is 0 Å². The van der Waals surface area contributed by atoms with Crippen LogP contribution in [0.3, 0.4) is 0 Å². The third-order valence-corrected chi connectivity index (χ3v) is 4.79. The molecule has 0 radical (unpaired) electrons. The molecule has 1 aliphatic heterocycles. The molecule has 2 aromatic carbocycles. The summed E-state index contributed by atoms with van der Waals surface area (Å²) in [5.41, 5.74) is 2.68. The van der Waals surface area contributed by atoms with Gasteiger partial charge in [0, 0.05) is 30.2 Å². The largest absolute Gasteiger partial charge is 0.370 e. The van der Waals surface area contributed by atoms with Gasteiger partial charge in [0.2, 0.25) is 0 Å². The van der Waals surface area contributed by atoms with E-state index in [1.165, 1.54) is 18.6 Å². The van der Waals surface area contributed by atoms with Crippen molar-refractivity contribution < 1.29 is 9.18 Å². The average Bonchev–Trinajstić information content (AvgIpc) is 2.68. The van der Waals surface area contributed by atoms with Crippen LogP contribution in [0.4, 0.5) is 15.8 Å². The van der Waals surface area contributed by atoms with Crippen molar-refractivity contribution in [3.05, 3.63) is 66.1 Å². The molecule has 132 valence electrons.